The lowest BCUT2D eigenvalue weighted by atomic mass is 10.1. The van der Waals surface area contributed by atoms with Crippen LogP contribution in [0.25, 0.3) is 0 Å². The minimum absolute atomic E-state index is 0.0348. The van der Waals surface area contributed by atoms with E-state index < -0.39 is 0 Å². The summed E-state index contributed by atoms with van der Waals surface area (Å²) in [6, 6.07) is -0.0348. The first kappa shape index (κ1) is 10.3. The Morgan fingerprint density at radius 1 is 1.55 bits per heavy atom. The molecular weight excluding hydrogens is 142 g/mol. The third-order valence-electron chi connectivity index (χ3n) is 1.48. The van der Waals surface area contributed by atoms with Crippen LogP contribution in [-0.4, -0.2) is 25.3 Å². The Hall–Kier alpha value is -0.660. The van der Waals surface area contributed by atoms with E-state index in [2.05, 4.69) is 4.99 Å². The summed E-state index contributed by atoms with van der Waals surface area (Å²) in [6.07, 6.45) is 1.55. The zero-order valence-corrected chi connectivity index (χ0v) is 7.33. The monoisotopic (exact) mass is 157 g/mol. The van der Waals surface area contributed by atoms with E-state index in [4.69, 9.17) is 4.74 Å². The fourth-order valence-electron chi connectivity index (χ4n) is 0.685. The molecule has 0 aliphatic heterocycles. The number of hydrogen-bond acceptors (Lipinski definition) is 3. The Morgan fingerprint density at radius 3 is 2.55 bits per heavy atom. The van der Waals surface area contributed by atoms with Crippen LogP contribution in [0.3, 0.4) is 0 Å². The maximum Gasteiger partial charge on any atom is 0.235 e. The number of carbonyl (C=O) groups excluding carboxylic acids is 1. The summed E-state index contributed by atoms with van der Waals surface area (Å²) in [4.78, 5) is 13.6. The van der Waals surface area contributed by atoms with Crippen molar-refractivity contribution in [3.63, 3.8) is 0 Å². The Morgan fingerprint density at radius 2 is 2.18 bits per heavy atom. The molecule has 0 saturated heterocycles. The molecule has 0 heterocycles. The van der Waals surface area contributed by atoms with E-state index in [1.54, 1.807) is 6.08 Å². The third-order valence-corrected chi connectivity index (χ3v) is 1.48. The third kappa shape index (κ3) is 4.71. The Kier molecular flexibility index (Phi) is 5.71. The molecule has 3 nitrogen and oxygen atoms in total. The number of isocyanates is 1. The Balaban J connectivity index is 3.79. The molecule has 3 heteroatoms. The standard InChI is InChI=1S/C8H15NO2/c1-4-11-5-8(7(2)3)9-6-10/h7-8H,4-5H2,1-3H3. The first-order valence-electron chi connectivity index (χ1n) is 3.87. The molecule has 11 heavy (non-hydrogen) atoms. The SMILES string of the molecule is CCOCC(N=C=O)C(C)C. The molecule has 0 aromatic heterocycles. The van der Waals surface area contributed by atoms with Crippen LogP contribution in [0, 0.1) is 5.92 Å². The van der Waals surface area contributed by atoms with Crippen molar-refractivity contribution < 1.29 is 9.53 Å². The van der Waals surface area contributed by atoms with Crippen LogP contribution < -0.4 is 0 Å². The van der Waals surface area contributed by atoms with Gasteiger partial charge in [0.2, 0.25) is 6.08 Å². The van der Waals surface area contributed by atoms with E-state index >= 15 is 0 Å². The van der Waals surface area contributed by atoms with Gasteiger partial charge in [-0.2, -0.15) is 4.99 Å². The molecule has 0 radical (unpaired) electrons. The molecule has 0 rings (SSSR count). The van der Waals surface area contributed by atoms with Gasteiger partial charge in [-0.05, 0) is 12.8 Å². The van der Waals surface area contributed by atoms with Gasteiger partial charge < -0.3 is 4.74 Å². The van der Waals surface area contributed by atoms with Crippen molar-refractivity contribution in [1.82, 2.24) is 0 Å². The van der Waals surface area contributed by atoms with Crippen LogP contribution in [0.2, 0.25) is 0 Å². The van der Waals surface area contributed by atoms with Crippen LogP contribution in [-0.2, 0) is 9.53 Å². The molecule has 0 bridgehead atoms. The molecule has 64 valence electrons. The summed E-state index contributed by atoms with van der Waals surface area (Å²) in [7, 11) is 0. The highest BCUT2D eigenvalue weighted by Crippen LogP contribution is 2.05. The maximum atomic E-state index is 9.94. The van der Waals surface area contributed by atoms with Crippen molar-refractivity contribution in [2.45, 2.75) is 26.8 Å². The topological polar surface area (TPSA) is 38.7 Å². The zero-order chi connectivity index (χ0) is 8.69. The van der Waals surface area contributed by atoms with E-state index in [1.165, 1.54) is 0 Å². The van der Waals surface area contributed by atoms with Gasteiger partial charge in [-0.3, -0.25) is 0 Å². The van der Waals surface area contributed by atoms with Gasteiger partial charge in [-0.15, -0.1) is 0 Å². The molecular formula is C8H15NO2. The second-order valence-corrected chi connectivity index (χ2v) is 2.69. The molecule has 0 saturated carbocycles. The van der Waals surface area contributed by atoms with Gasteiger partial charge in [0.25, 0.3) is 0 Å². The minimum Gasteiger partial charge on any atom is -0.379 e. The fraction of sp³-hybridized carbons (Fsp3) is 0.875. The number of rotatable bonds is 5. The number of ether oxygens (including phenoxy) is 1. The van der Waals surface area contributed by atoms with Crippen LogP contribution >= 0.6 is 0 Å². The molecule has 0 aromatic carbocycles. The quantitative estimate of drug-likeness (QED) is 0.446. The highest BCUT2D eigenvalue weighted by molar-refractivity contribution is 5.33. The van der Waals surface area contributed by atoms with Crippen LogP contribution in [0.15, 0.2) is 4.99 Å². The summed E-state index contributed by atoms with van der Waals surface area (Å²) in [6.45, 7) is 7.11. The summed E-state index contributed by atoms with van der Waals surface area (Å²) in [5, 5.41) is 0. The number of nitrogens with zero attached hydrogens (tertiary/aromatic N) is 1. The molecule has 0 aliphatic rings. The van der Waals surface area contributed by atoms with Crippen molar-refractivity contribution in [3.8, 4) is 0 Å². The number of hydrogen-bond donors (Lipinski definition) is 0. The van der Waals surface area contributed by atoms with Gasteiger partial charge in [0, 0.05) is 6.61 Å². The predicted octanol–water partition coefficient (Wildman–Crippen LogP) is 1.38. The second-order valence-electron chi connectivity index (χ2n) is 2.69. The smallest absolute Gasteiger partial charge is 0.235 e. The molecule has 0 aromatic rings. The summed E-state index contributed by atoms with van der Waals surface area (Å²) in [5.41, 5.74) is 0. The minimum atomic E-state index is -0.0348. The first-order valence-corrected chi connectivity index (χ1v) is 3.87. The van der Waals surface area contributed by atoms with E-state index in [9.17, 15) is 4.79 Å². The number of aliphatic imine (C=N–C) groups is 1. The van der Waals surface area contributed by atoms with Crippen molar-refractivity contribution in [2.24, 2.45) is 10.9 Å². The van der Waals surface area contributed by atoms with Crippen molar-refractivity contribution in [3.05, 3.63) is 0 Å². The fourth-order valence-corrected chi connectivity index (χ4v) is 0.685. The average Bonchev–Trinajstić information content (AvgIpc) is 1.97. The van der Waals surface area contributed by atoms with Gasteiger partial charge in [-0.1, -0.05) is 13.8 Å². The van der Waals surface area contributed by atoms with Crippen molar-refractivity contribution >= 4 is 6.08 Å². The lowest BCUT2D eigenvalue weighted by molar-refractivity contribution is 0.122. The largest absolute Gasteiger partial charge is 0.379 e. The lowest BCUT2D eigenvalue weighted by Crippen LogP contribution is -2.19. The molecule has 0 fully saturated rings. The highest BCUT2D eigenvalue weighted by atomic mass is 16.5. The van der Waals surface area contributed by atoms with Gasteiger partial charge in [0.1, 0.15) is 0 Å². The normalized spacial score (nSPS) is 12.7. The molecule has 1 atom stereocenters. The van der Waals surface area contributed by atoms with Gasteiger partial charge >= 0.3 is 0 Å². The highest BCUT2D eigenvalue weighted by Gasteiger charge is 2.10. The van der Waals surface area contributed by atoms with E-state index in [0.29, 0.717) is 19.1 Å². The molecule has 0 spiro atoms. The van der Waals surface area contributed by atoms with Gasteiger partial charge in [-0.25, -0.2) is 4.79 Å². The second kappa shape index (κ2) is 6.08. The summed E-state index contributed by atoms with van der Waals surface area (Å²) in [5.74, 6) is 0.336. The molecule has 0 aliphatic carbocycles. The average molecular weight is 157 g/mol. The molecule has 0 N–H and O–H groups in total. The first-order chi connectivity index (χ1) is 5.22. The van der Waals surface area contributed by atoms with E-state index in [0.717, 1.165) is 0 Å². The predicted molar refractivity (Wildman–Crippen MR) is 43.2 cm³/mol. The van der Waals surface area contributed by atoms with Crippen molar-refractivity contribution in [2.75, 3.05) is 13.2 Å². The molecule has 0 amide bonds. The summed E-state index contributed by atoms with van der Waals surface area (Å²) < 4.78 is 5.14. The summed E-state index contributed by atoms with van der Waals surface area (Å²) >= 11 is 0. The van der Waals surface area contributed by atoms with E-state index in [-0.39, 0.29) is 6.04 Å². The van der Waals surface area contributed by atoms with Crippen molar-refractivity contribution in [1.29, 1.82) is 0 Å². The van der Waals surface area contributed by atoms with E-state index in [1.807, 2.05) is 20.8 Å². The Labute approximate surface area is 67.5 Å². The molecule has 1 unspecified atom stereocenters. The maximum absolute atomic E-state index is 9.94. The van der Waals surface area contributed by atoms with Crippen LogP contribution in [0.1, 0.15) is 20.8 Å². The van der Waals surface area contributed by atoms with Crippen LogP contribution in [0.4, 0.5) is 0 Å². The van der Waals surface area contributed by atoms with Crippen LogP contribution in [0.5, 0.6) is 0 Å². The zero-order valence-electron chi connectivity index (χ0n) is 7.33. The Bertz CT molecular complexity index is 139. The van der Waals surface area contributed by atoms with Gasteiger partial charge in [0.05, 0.1) is 12.6 Å². The van der Waals surface area contributed by atoms with Gasteiger partial charge in [0.15, 0.2) is 0 Å². The lowest BCUT2D eigenvalue weighted by Gasteiger charge is -2.13.